The van der Waals surface area contributed by atoms with E-state index in [4.69, 9.17) is 16.7 Å². The fraction of sp³-hybridized carbons (Fsp3) is 0.417. The Labute approximate surface area is 93.9 Å². The van der Waals surface area contributed by atoms with Gasteiger partial charge in [-0.05, 0) is 42.9 Å². The number of carbonyl (C=O) groups is 1. The average Bonchev–Trinajstić information content (AvgIpc) is 2.13. The van der Waals surface area contributed by atoms with E-state index in [2.05, 4.69) is 0 Å². The van der Waals surface area contributed by atoms with Crippen molar-refractivity contribution in [2.75, 3.05) is 0 Å². The third-order valence-electron chi connectivity index (χ3n) is 3.02. The molecule has 1 aliphatic carbocycles. The Morgan fingerprint density at radius 2 is 1.93 bits per heavy atom. The highest BCUT2D eigenvalue weighted by Gasteiger charge is 2.33. The number of halogens is 1. The largest absolute Gasteiger partial charge is 0.481 e. The van der Waals surface area contributed by atoms with Crippen molar-refractivity contribution in [2.24, 2.45) is 11.8 Å². The van der Waals surface area contributed by atoms with Crippen LogP contribution in [0.1, 0.15) is 18.4 Å². The number of carboxylic acid groups (broad SMARTS) is 1. The summed E-state index contributed by atoms with van der Waals surface area (Å²) in [7, 11) is 0. The molecule has 0 unspecified atom stereocenters. The maximum atomic E-state index is 10.6. The molecule has 1 fully saturated rings. The second-order valence-corrected chi connectivity index (χ2v) is 4.64. The van der Waals surface area contributed by atoms with Gasteiger partial charge in [0.2, 0.25) is 0 Å². The number of hydrogen-bond acceptors (Lipinski definition) is 1. The van der Waals surface area contributed by atoms with Gasteiger partial charge in [0.05, 0.1) is 5.92 Å². The molecule has 0 heterocycles. The molecule has 0 atom stereocenters. The summed E-state index contributed by atoms with van der Waals surface area (Å²) in [4.78, 5) is 10.6. The topological polar surface area (TPSA) is 37.3 Å². The lowest BCUT2D eigenvalue weighted by atomic mass is 9.72. The van der Waals surface area contributed by atoms with E-state index >= 15 is 0 Å². The first-order valence-electron chi connectivity index (χ1n) is 5.12. The molecule has 1 aliphatic rings. The normalized spacial score (nSPS) is 24.6. The molecule has 0 aromatic heterocycles. The van der Waals surface area contributed by atoms with Gasteiger partial charge in [-0.1, -0.05) is 23.7 Å². The molecule has 2 nitrogen and oxygen atoms in total. The van der Waals surface area contributed by atoms with Crippen molar-refractivity contribution >= 4 is 17.6 Å². The van der Waals surface area contributed by atoms with Crippen LogP contribution in [0.5, 0.6) is 0 Å². The Morgan fingerprint density at radius 3 is 2.47 bits per heavy atom. The van der Waals surface area contributed by atoms with Crippen LogP contribution in [0.4, 0.5) is 0 Å². The van der Waals surface area contributed by atoms with Crippen molar-refractivity contribution in [3.8, 4) is 0 Å². The Bertz CT molecular complexity index is 352. The zero-order valence-electron chi connectivity index (χ0n) is 8.32. The van der Waals surface area contributed by atoms with E-state index in [0.29, 0.717) is 5.92 Å². The molecule has 1 N–H and O–H groups in total. The first-order valence-corrected chi connectivity index (χ1v) is 5.50. The van der Waals surface area contributed by atoms with Gasteiger partial charge in [0, 0.05) is 5.02 Å². The Kier molecular flexibility index (Phi) is 2.96. The van der Waals surface area contributed by atoms with Crippen molar-refractivity contribution in [3.63, 3.8) is 0 Å². The monoisotopic (exact) mass is 224 g/mol. The molecule has 0 amide bonds. The summed E-state index contributed by atoms with van der Waals surface area (Å²) in [5.41, 5.74) is 1.24. The lowest BCUT2D eigenvalue weighted by Crippen LogP contribution is -2.31. The van der Waals surface area contributed by atoms with Crippen molar-refractivity contribution in [1.29, 1.82) is 0 Å². The van der Waals surface area contributed by atoms with Crippen molar-refractivity contribution in [3.05, 3.63) is 34.9 Å². The van der Waals surface area contributed by atoms with E-state index in [1.165, 1.54) is 5.56 Å². The van der Waals surface area contributed by atoms with Crippen LogP contribution in [0.2, 0.25) is 5.02 Å². The van der Waals surface area contributed by atoms with Gasteiger partial charge in [0.15, 0.2) is 0 Å². The summed E-state index contributed by atoms with van der Waals surface area (Å²) in [5.74, 6) is -0.225. The highest BCUT2D eigenvalue weighted by atomic mass is 35.5. The van der Waals surface area contributed by atoms with Gasteiger partial charge < -0.3 is 5.11 Å². The van der Waals surface area contributed by atoms with E-state index in [-0.39, 0.29) is 5.92 Å². The highest BCUT2D eigenvalue weighted by molar-refractivity contribution is 6.30. The molecule has 0 spiro atoms. The van der Waals surface area contributed by atoms with Crippen molar-refractivity contribution in [2.45, 2.75) is 19.3 Å². The van der Waals surface area contributed by atoms with E-state index in [0.717, 1.165) is 24.3 Å². The van der Waals surface area contributed by atoms with Gasteiger partial charge in [-0.25, -0.2) is 0 Å². The number of rotatable bonds is 3. The third kappa shape index (κ3) is 2.51. The molecule has 80 valence electrons. The lowest BCUT2D eigenvalue weighted by molar-refractivity contribution is -0.146. The second-order valence-electron chi connectivity index (χ2n) is 4.20. The summed E-state index contributed by atoms with van der Waals surface area (Å²) in [6, 6.07) is 7.78. The van der Waals surface area contributed by atoms with Crippen LogP contribution in [0.15, 0.2) is 24.3 Å². The Morgan fingerprint density at radius 1 is 1.33 bits per heavy atom. The quantitative estimate of drug-likeness (QED) is 0.857. The summed E-state index contributed by atoms with van der Waals surface area (Å²) in [6.45, 7) is 0. The van der Waals surface area contributed by atoms with Crippen LogP contribution in [-0.2, 0) is 11.2 Å². The predicted molar refractivity (Wildman–Crippen MR) is 59.0 cm³/mol. The second kappa shape index (κ2) is 4.23. The summed E-state index contributed by atoms with van der Waals surface area (Å²) in [5, 5.41) is 9.48. The minimum absolute atomic E-state index is 0.109. The molecular weight excluding hydrogens is 212 g/mol. The molecule has 0 aliphatic heterocycles. The smallest absolute Gasteiger partial charge is 0.306 e. The standard InChI is InChI=1S/C12H13ClO2/c13-11-3-1-8(2-4-11)5-9-6-10(7-9)12(14)15/h1-4,9-10H,5-7H2,(H,14,15). The van der Waals surface area contributed by atoms with E-state index < -0.39 is 5.97 Å². The molecule has 1 aromatic carbocycles. The fourth-order valence-electron chi connectivity index (χ4n) is 2.06. The molecule has 1 saturated carbocycles. The van der Waals surface area contributed by atoms with Crippen LogP contribution in [0.3, 0.4) is 0 Å². The SMILES string of the molecule is O=C(O)C1CC(Cc2ccc(Cl)cc2)C1. The summed E-state index contributed by atoms with van der Waals surface area (Å²) in [6.07, 6.45) is 2.61. The van der Waals surface area contributed by atoms with Crippen LogP contribution >= 0.6 is 11.6 Å². The minimum atomic E-state index is -0.651. The van der Waals surface area contributed by atoms with E-state index in [1.54, 1.807) is 0 Å². The fourth-order valence-corrected chi connectivity index (χ4v) is 2.18. The molecule has 0 radical (unpaired) electrons. The maximum Gasteiger partial charge on any atom is 0.306 e. The van der Waals surface area contributed by atoms with E-state index in [9.17, 15) is 4.79 Å². The zero-order valence-corrected chi connectivity index (χ0v) is 9.07. The number of hydrogen-bond donors (Lipinski definition) is 1. The van der Waals surface area contributed by atoms with Crippen LogP contribution in [0, 0.1) is 11.8 Å². The number of benzene rings is 1. The van der Waals surface area contributed by atoms with Gasteiger partial charge >= 0.3 is 5.97 Å². The highest BCUT2D eigenvalue weighted by Crippen LogP contribution is 2.36. The zero-order chi connectivity index (χ0) is 10.8. The van der Waals surface area contributed by atoms with Gasteiger partial charge in [0.25, 0.3) is 0 Å². The summed E-state index contributed by atoms with van der Waals surface area (Å²) < 4.78 is 0. The van der Waals surface area contributed by atoms with Crippen LogP contribution < -0.4 is 0 Å². The number of aliphatic carboxylic acids is 1. The van der Waals surface area contributed by atoms with Crippen LogP contribution in [0.25, 0.3) is 0 Å². The summed E-state index contributed by atoms with van der Waals surface area (Å²) >= 11 is 5.78. The Balaban J connectivity index is 1.85. The predicted octanol–water partition coefficient (Wildman–Crippen LogP) is 2.99. The van der Waals surface area contributed by atoms with Crippen molar-refractivity contribution in [1.82, 2.24) is 0 Å². The minimum Gasteiger partial charge on any atom is -0.481 e. The first-order chi connectivity index (χ1) is 7.15. The Hall–Kier alpha value is -1.02. The van der Waals surface area contributed by atoms with Gasteiger partial charge in [-0.2, -0.15) is 0 Å². The maximum absolute atomic E-state index is 10.6. The molecule has 3 heteroatoms. The third-order valence-corrected chi connectivity index (χ3v) is 3.27. The van der Waals surface area contributed by atoms with Gasteiger partial charge in [-0.3, -0.25) is 4.79 Å². The molecule has 15 heavy (non-hydrogen) atoms. The average molecular weight is 225 g/mol. The molecule has 1 aromatic rings. The molecule has 0 saturated heterocycles. The first kappa shape index (κ1) is 10.5. The molecule has 2 rings (SSSR count). The van der Waals surface area contributed by atoms with E-state index in [1.807, 2.05) is 24.3 Å². The van der Waals surface area contributed by atoms with Gasteiger partial charge in [0.1, 0.15) is 0 Å². The lowest BCUT2D eigenvalue weighted by Gasteiger charge is -2.32. The number of carboxylic acids is 1. The molecular formula is C12H13ClO2. The van der Waals surface area contributed by atoms with Gasteiger partial charge in [-0.15, -0.1) is 0 Å². The molecule has 0 bridgehead atoms. The van der Waals surface area contributed by atoms with Crippen molar-refractivity contribution < 1.29 is 9.90 Å². The van der Waals surface area contributed by atoms with Crippen LogP contribution in [-0.4, -0.2) is 11.1 Å².